The molecule has 23 heavy (non-hydrogen) atoms. The average Bonchev–Trinajstić information content (AvgIpc) is 2.62. The van der Waals surface area contributed by atoms with E-state index < -0.39 is 0 Å². The summed E-state index contributed by atoms with van der Waals surface area (Å²) in [6.45, 7) is 7.44. The molecular weight excluding hydrogens is 296 g/mol. The number of rotatable bonds is 2. The first kappa shape index (κ1) is 15.7. The number of amides is 2. The van der Waals surface area contributed by atoms with Gasteiger partial charge in [0.25, 0.3) is 5.91 Å². The molecule has 124 valence electrons. The lowest BCUT2D eigenvalue weighted by Crippen LogP contribution is -2.50. The van der Waals surface area contributed by atoms with Crippen molar-refractivity contribution < 1.29 is 9.59 Å². The summed E-state index contributed by atoms with van der Waals surface area (Å²) in [6.07, 6.45) is 1.70. The average molecular weight is 318 g/mol. The summed E-state index contributed by atoms with van der Waals surface area (Å²) in [4.78, 5) is 29.7. The number of carbonyl (C=O) groups excluding carboxylic acids is 2. The highest BCUT2D eigenvalue weighted by Crippen LogP contribution is 2.15. The van der Waals surface area contributed by atoms with E-state index in [9.17, 15) is 9.59 Å². The van der Waals surface area contributed by atoms with Crippen LogP contribution < -0.4 is 10.2 Å². The van der Waals surface area contributed by atoms with Crippen LogP contribution in [0.5, 0.6) is 0 Å². The second-order valence-corrected chi connectivity index (χ2v) is 5.83. The van der Waals surface area contributed by atoms with Crippen molar-refractivity contribution in [2.45, 2.75) is 6.92 Å². The van der Waals surface area contributed by atoms with Crippen molar-refractivity contribution in [2.24, 2.45) is 0 Å². The molecule has 1 N–H and O–H groups in total. The maximum Gasteiger partial charge on any atom is 0.274 e. The SMILES string of the molecule is CC(=O)N1CCN(C(=O)c2cc(N3CCNCC3)cnn2)CC1. The van der Waals surface area contributed by atoms with Gasteiger partial charge in [0.1, 0.15) is 0 Å². The Morgan fingerprint density at radius 3 is 2.35 bits per heavy atom. The van der Waals surface area contributed by atoms with E-state index in [1.54, 1.807) is 22.9 Å². The Labute approximate surface area is 135 Å². The first-order valence-electron chi connectivity index (χ1n) is 7.98. The van der Waals surface area contributed by atoms with Crippen LogP contribution in [0.15, 0.2) is 12.3 Å². The fraction of sp³-hybridized carbons (Fsp3) is 0.600. The van der Waals surface area contributed by atoms with Crippen molar-refractivity contribution in [2.75, 3.05) is 57.3 Å². The minimum absolute atomic E-state index is 0.0533. The summed E-state index contributed by atoms with van der Waals surface area (Å²) < 4.78 is 0. The molecule has 2 fully saturated rings. The zero-order valence-electron chi connectivity index (χ0n) is 13.4. The number of carbonyl (C=O) groups is 2. The van der Waals surface area contributed by atoms with Gasteiger partial charge in [-0.2, -0.15) is 5.10 Å². The quantitative estimate of drug-likeness (QED) is 0.768. The third-order valence-corrected chi connectivity index (χ3v) is 4.35. The van der Waals surface area contributed by atoms with Gasteiger partial charge in [-0.15, -0.1) is 5.10 Å². The molecular formula is C15H22N6O2. The van der Waals surface area contributed by atoms with E-state index in [1.807, 2.05) is 6.07 Å². The van der Waals surface area contributed by atoms with E-state index in [1.165, 1.54) is 0 Å². The summed E-state index contributed by atoms with van der Waals surface area (Å²) in [7, 11) is 0. The van der Waals surface area contributed by atoms with Gasteiger partial charge in [-0.25, -0.2) is 0 Å². The Morgan fingerprint density at radius 1 is 1.04 bits per heavy atom. The second kappa shape index (κ2) is 6.91. The summed E-state index contributed by atoms with van der Waals surface area (Å²) in [6, 6.07) is 1.82. The van der Waals surface area contributed by atoms with Gasteiger partial charge in [0.05, 0.1) is 11.9 Å². The minimum atomic E-state index is -0.113. The van der Waals surface area contributed by atoms with Crippen LogP contribution in [0, 0.1) is 0 Å². The maximum absolute atomic E-state index is 12.6. The van der Waals surface area contributed by atoms with Gasteiger partial charge in [-0.1, -0.05) is 0 Å². The third kappa shape index (κ3) is 3.58. The Bertz CT molecular complexity index is 579. The van der Waals surface area contributed by atoms with Crippen molar-refractivity contribution in [3.63, 3.8) is 0 Å². The molecule has 2 amide bonds. The predicted octanol–water partition coefficient (Wildman–Crippen LogP) is -0.809. The van der Waals surface area contributed by atoms with Gasteiger partial charge in [0.2, 0.25) is 5.91 Å². The molecule has 0 spiro atoms. The topological polar surface area (TPSA) is 81.7 Å². The molecule has 3 rings (SSSR count). The molecule has 8 nitrogen and oxygen atoms in total. The zero-order chi connectivity index (χ0) is 16.2. The summed E-state index contributed by atoms with van der Waals surface area (Å²) in [5.41, 5.74) is 1.31. The van der Waals surface area contributed by atoms with Crippen LogP contribution in [0.2, 0.25) is 0 Å². The molecule has 0 unspecified atom stereocenters. The largest absolute Gasteiger partial charge is 0.368 e. The number of nitrogens with zero attached hydrogens (tertiary/aromatic N) is 5. The highest BCUT2D eigenvalue weighted by molar-refractivity contribution is 5.93. The fourth-order valence-corrected chi connectivity index (χ4v) is 2.94. The van der Waals surface area contributed by atoms with Crippen molar-refractivity contribution in [3.05, 3.63) is 18.0 Å². The molecule has 3 heterocycles. The van der Waals surface area contributed by atoms with Gasteiger partial charge in [0, 0.05) is 59.3 Å². The number of nitrogens with one attached hydrogen (secondary N) is 1. The molecule has 0 atom stereocenters. The van der Waals surface area contributed by atoms with Gasteiger partial charge >= 0.3 is 0 Å². The summed E-state index contributed by atoms with van der Waals surface area (Å²) in [5, 5.41) is 11.3. The highest BCUT2D eigenvalue weighted by atomic mass is 16.2. The molecule has 1 aromatic rings. The van der Waals surface area contributed by atoms with E-state index in [0.29, 0.717) is 31.9 Å². The van der Waals surface area contributed by atoms with Crippen LogP contribution in [0.1, 0.15) is 17.4 Å². The first-order valence-corrected chi connectivity index (χ1v) is 7.98. The molecule has 2 aliphatic heterocycles. The van der Waals surface area contributed by atoms with Crippen LogP contribution in [0.4, 0.5) is 5.69 Å². The van der Waals surface area contributed by atoms with Crippen LogP contribution in [-0.2, 0) is 4.79 Å². The minimum Gasteiger partial charge on any atom is -0.368 e. The zero-order valence-corrected chi connectivity index (χ0v) is 13.4. The molecule has 8 heteroatoms. The molecule has 1 aromatic heterocycles. The molecule has 0 aliphatic carbocycles. The normalized spacial score (nSPS) is 18.9. The van der Waals surface area contributed by atoms with Crippen LogP contribution in [0.25, 0.3) is 0 Å². The van der Waals surface area contributed by atoms with Crippen molar-refractivity contribution >= 4 is 17.5 Å². The molecule has 0 saturated carbocycles. The Morgan fingerprint density at radius 2 is 1.70 bits per heavy atom. The second-order valence-electron chi connectivity index (χ2n) is 5.83. The number of anilines is 1. The smallest absolute Gasteiger partial charge is 0.274 e. The van der Waals surface area contributed by atoms with E-state index in [2.05, 4.69) is 20.4 Å². The van der Waals surface area contributed by atoms with Gasteiger partial charge < -0.3 is 20.0 Å². The van der Waals surface area contributed by atoms with Crippen molar-refractivity contribution in [1.29, 1.82) is 0 Å². The molecule has 2 saturated heterocycles. The highest BCUT2D eigenvalue weighted by Gasteiger charge is 2.25. The van der Waals surface area contributed by atoms with Crippen molar-refractivity contribution in [1.82, 2.24) is 25.3 Å². The van der Waals surface area contributed by atoms with E-state index in [4.69, 9.17) is 0 Å². The Kier molecular flexibility index (Phi) is 4.71. The fourth-order valence-electron chi connectivity index (χ4n) is 2.94. The molecule has 0 radical (unpaired) electrons. The lowest BCUT2D eigenvalue weighted by Gasteiger charge is -2.34. The van der Waals surface area contributed by atoms with E-state index >= 15 is 0 Å². The van der Waals surface area contributed by atoms with Gasteiger partial charge in [-0.05, 0) is 6.07 Å². The first-order chi connectivity index (χ1) is 11.1. The Hall–Kier alpha value is -2.22. The number of hydrogen-bond acceptors (Lipinski definition) is 6. The third-order valence-electron chi connectivity index (χ3n) is 4.35. The number of aromatic nitrogens is 2. The number of piperazine rings is 2. The van der Waals surface area contributed by atoms with E-state index in [0.717, 1.165) is 31.9 Å². The lowest BCUT2D eigenvalue weighted by molar-refractivity contribution is -0.130. The summed E-state index contributed by atoms with van der Waals surface area (Å²) in [5.74, 6) is -0.0599. The Balaban J connectivity index is 1.67. The van der Waals surface area contributed by atoms with Gasteiger partial charge in [-0.3, -0.25) is 9.59 Å². The van der Waals surface area contributed by atoms with E-state index in [-0.39, 0.29) is 11.8 Å². The maximum atomic E-state index is 12.6. The monoisotopic (exact) mass is 318 g/mol. The van der Waals surface area contributed by atoms with Crippen molar-refractivity contribution in [3.8, 4) is 0 Å². The lowest BCUT2D eigenvalue weighted by atomic mass is 10.2. The molecule has 0 bridgehead atoms. The molecule has 0 aromatic carbocycles. The van der Waals surface area contributed by atoms with Gasteiger partial charge in [0.15, 0.2) is 5.69 Å². The predicted molar refractivity (Wildman–Crippen MR) is 85.3 cm³/mol. The van der Waals surface area contributed by atoms with Crippen LogP contribution in [-0.4, -0.2) is 84.2 Å². The molecule has 2 aliphatic rings. The summed E-state index contributed by atoms with van der Waals surface area (Å²) >= 11 is 0. The standard InChI is InChI=1S/C15H22N6O2/c1-12(22)19-6-8-21(9-7-19)15(23)14-10-13(11-17-18-14)20-4-2-16-3-5-20/h10-11,16H,2-9H2,1H3. The van der Waals surface area contributed by atoms with Crippen LogP contribution in [0.3, 0.4) is 0 Å². The van der Waals surface area contributed by atoms with Crippen LogP contribution >= 0.6 is 0 Å². The number of hydrogen-bond donors (Lipinski definition) is 1.